The maximum Gasteiger partial charge on any atom is 0.401 e. The highest BCUT2D eigenvalue weighted by atomic mass is 19.4. The lowest BCUT2D eigenvalue weighted by atomic mass is 10.4. The average molecular weight is 307 g/mol. The molecule has 0 atom stereocenters. The molecule has 1 amide bonds. The van der Waals surface area contributed by atoms with E-state index in [0.717, 1.165) is 0 Å². The highest BCUT2D eigenvalue weighted by Gasteiger charge is 2.26. The first kappa shape index (κ1) is 17.2. The molecule has 6 nitrogen and oxygen atoms in total. The maximum atomic E-state index is 11.9. The highest BCUT2D eigenvalue weighted by Crippen LogP contribution is 2.13. The zero-order chi connectivity index (χ0) is 15.7. The number of carbonyl (C=O) groups excluding carboxylic acids is 1. The molecule has 0 fully saturated rings. The largest absolute Gasteiger partial charge is 0.475 e. The van der Waals surface area contributed by atoms with Crippen molar-refractivity contribution >= 4 is 11.6 Å². The van der Waals surface area contributed by atoms with Crippen molar-refractivity contribution < 1.29 is 27.4 Å². The smallest absolute Gasteiger partial charge is 0.401 e. The van der Waals surface area contributed by atoms with Crippen molar-refractivity contribution in [2.45, 2.75) is 6.18 Å². The van der Waals surface area contributed by atoms with Crippen LogP contribution >= 0.6 is 0 Å². The van der Waals surface area contributed by atoms with Crippen molar-refractivity contribution in [3.8, 4) is 5.88 Å². The molecule has 21 heavy (non-hydrogen) atoms. The van der Waals surface area contributed by atoms with Gasteiger partial charge in [0.05, 0.1) is 31.6 Å². The van der Waals surface area contributed by atoms with Crippen LogP contribution in [0.5, 0.6) is 5.88 Å². The Labute approximate surface area is 119 Å². The van der Waals surface area contributed by atoms with Crippen LogP contribution in [-0.4, -0.2) is 50.5 Å². The third-order valence-electron chi connectivity index (χ3n) is 2.17. The summed E-state index contributed by atoms with van der Waals surface area (Å²) in [6, 6.07) is 3.07. The molecule has 2 N–H and O–H groups in total. The summed E-state index contributed by atoms with van der Waals surface area (Å²) in [6.07, 6.45) is -2.99. The van der Waals surface area contributed by atoms with Crippen LogP contribution in [0.15, 0.2) is 18.3 Å². The summed E-state index contributed by atoms with van der Waals surface area (Å²) >= 11 is 0. The Morgan fingerprint density at radius 3 is 2.67 bits per heavy atom. The van der Waals surface area contributed by atoms with Gasteiger partial charge in [0.1, 0.15) is 6.61 Å². The molecule has 0 aliphatic heterocycles. The van der Waals surface area contributed by atoms with Crippen LogP contribution in [0, 0.1) is 0 Å². The van der Waals surface area contributed by atoms with Gasteiger partial charge in [-0.15, -0.1) is 0 Å². The number of aromatic nitrogens is 1. The van der Waals surface area contributed by atoms with Crippen LogP contribution in [0.1, 0.15) is 0 Å². The average Bonchev–Trinajstić information content (AvgIpc) is 2.39. The van der Waals surface area contributed by atoms with Gasteiger partial charge >= 0.3 is 6.18 Å². The Morgan fingerprint density at radius 2 is 2.10 bits per heavy atom. The van der Waals surface area contributed by atoms with Gasteiger partial charge in [-0.1, -0.05) is 0 Å². The summed E-state index contributed by atoms with van der Waals surface area (Å²) in [4.78, 5) is 15.3. The topological polar surface area (TPSA) is 72.5 Å². The molecule has 118 valence electrons. The van der Waals surface area contributed by atoms with Gasteiger partial charge in [0.15, 0.2) is 0 Å². The van der Waals surface area contributed by atoms with E-state index in [1.807, 2.05) is 5.32 Å². The number of amides is 1. The summed E-state index contributed by atoms with van der Waals surface area (Å²) in [5.41, 5.74) is 0.368. The Hall–Kier alpha value is -1.87. The van der Waals surface area contributed by atoms with E-state index in [1.165, 1.54) is 18.3 Å². The van der Waals surface area contributed by atoms with Gasteiger partial charge in [-0.3, -0.25) is 4.79 Å². The maximum absolute atomic E-state index is 11.9. The summed E-state index contributed by atoms with van der Waals surface area (Å²) in [7, 11) is 1.54. The molecule has 0 aromatic carbocycles. The van der Waals surface area contributed by atoms with Gasteiger partial charge in [-0.05, 0) is 6.07 Å². The number of nitrogens with one attached hydrogen (secondary N) is 2. The lowest BCUT2D eigenvalue weighted by molar-refractivity contribution is -0.126. The minimum Gasteiger partial charge on any atom is -0.475 e. The number of carbonyl (C=O) groups is 1. The number of alkyl halides is 3. The van der Waals surface area contributed by atoms with Crippen LogP contribution in [0.25, 0.3) is 0 Å². The predicted octanol–water partition coefficient (Wildman–Crippen LogP) is 1.20. The Balaban J connectivity index is 2.32. The first-order chi connectivity index (χ1) is 9.90. The number of anilines is 1. The molecule has 0 unspecified atom stereocenters. The van der Waals surface area contributed by atoms with Gasteiger partial charge in [-0.25, -0.2) is 4.98 Å². The number of methoxy groups -OCH3 is 1. The molecule has 0 spiro atoms. The molecule has 0 saturated heterocycles. The van der Waals surface area contributed by atoms with Gasteiger partial charge in [0.2, 0.25) is 11.8 Å². The van der Waals surface area contributed by atoms with E-state index in [4.69, 9.17) is 9.47 Å². The van der Waals surface area contributed by atoms with Crippen LogP contribution in [0.2, 0.25) is 0 Å². The normalized spacial score (nSPS) is 11.2. The Bertz CT molecular complexity index is 438. The van der Waals surface area contributed by atoms with Crippen LogP contribution in [0.4, 0.5) is 18.9 Å². The monoisotopic (exact) mass is 307 g/mol. The highest BCUT2D eigenvalue weighted by molar-refractivity contribution is 5.92. The SMILES string of the molecule is COCCOc1ccc(NC(=O)CNCC(F)(F)F)cn1. The standard InChI is InChI=1S/C12H16F3N3O3/c1-20-4-5-21-11-3-2-9(6-17-11)18-10(19)7-16-8-12(13,14)15/h2-3,6,16H,4-5,7-8H2,1H3,(H,18,19). The van der Waals surface area contributed by atoms with E-state index in [9.17, 15) is 18.0 Å². The van der Waals surface area contributed by atoms with Crippen molar-refractivity contribution in [1.82, 2.24) is 10.3 Å². The summed E-state index contributed by atoms with van der Waals surface area (Å²) in [6.45, 7) is -0.891. The number of nitrogens with zero attached hydrogens (tertiary/aromatic N) is 1. The lowest BCUT2D eigenvalue weighted by Gasteiger charge is -2.09. The van der Waals surface area contributed by atoms with E-state index in [2.05, 4.69) is 10.3 Å². The second kappa shape index (κ2) is 8.42. The quantitative estimate of drug-likeness (QED) is 0.706. The number of ether oxygens (including phenoxy) is 2. The van der Waals surface area contributed by atoms with E-state index in [0.29, 0.717) is 24.8 Å². The third-order valence-corrected chi connectivity index (χ3v) is 2.17. The van der Waals surface area contributed by atoms with Crippen molar-refractivity contribution in [2.24, 2.45) is 0 Å². The zero-order valence-electron chi connectivity index (χ0n) is 11.4. The fraction of sp³-hybridized carbons (Fsp3) is 0.500. The number of hydrogen-bond acceptors (Lipinski definition) is 5. The van der Waals surface area contributed by atoms with E-state index in [1.54, 1.807) is 7.11 Å². The number of pyridine rings is 1. The molecule has 0 bridgehead atoms. The molecule has 0 aliphatic rings. The third kappa shape index (κ3) is 8.10. The van der Waals surface area contributed by atoms with Gasteiger partial charge < -0.3 is 20.1 Å². The molecule has 9 heteroatoms. The molecule has 1 heterocycles. The predicted molar refractivity (Wildman–Crippen MR) is 69.2 cm³/mol. The Morgan fingerprint density at radius 1 is 1.33 bits per heavy atom. The molecule has 0 aliphatic carbocycles. The lowest BCUT2D eigenvalue weighted by Crippen LogP contribution is -2.35. The second-order valence-electron chi connectivity index (χ2n) is 3.99. The number of halogens is 3. The van der Waals surface area contributed by atoms with E-state index < -0.39 is 25.2 Å². The van der Waals surface area contributed by atoms with Crippen molar-refractivity contribution in [3.05, 3.63) is 18.3 Å². The van der Waals surface area contributed by atoms with Gasteiger partial charge in [0.25, 0.3) is 0 Å². The van der Waals surface area contributed by atoms with Crippen LogP contribution in [-0.2, 0) is 9.53 Å². The van der Waals surface area contributed by atoms with E-state index >= 15 is 0 Å². The Kier molecular flexibility index (Phi) is 6.89. The minimum atomic E-state index is -4.34. The van der Waals surface area contributed by atoms with Crippen LogP contribution < -0.4 is 15.4 Å². The second-order valence-corrected chi connectivity index (χ2v) is 3.99. The molecule has 1 rings (SSSR count). The summed E-state index contributed by atoms with van der Waals surface area (Å²) < 4.78 is 45.7. The fourth-order valence-electron chi connectivity index (χ4n) is 1.29. The van der Waals surface area contributed by atoms with E-state index in [-0.39, 0.29) is 0 Å². The van der Waals surface area contributed by atoms with Gasteiger partial charge in [0, 0.05) is 13.2 Å². The molecule has 1 aromatic rings. The van der Waals surface area contributed by atoms with Crippen molar-refractivity contribution in [2.75, 3.05) is 38.7 Å². The van der Waals surface area contributed by atoms with Crippen LogP contribution in [0.3, 0.4) is 0 Å². The fourth-order valence-corrected chi connectivity index (χ4v) is 1.29. The molecule has 0 radical (unpaired) electrons. The van der Waals surface area contributed by atoms with Crippen molar-refractivity contribution in [3.63, 3.8) is 0 Å². The van der Waals surface area contributed by atoms with Gasteiger partial charge in [-0.2, -0.15) is 13.2 Å². The van der Waals surface area contributed by atoms with Crippen molar-refractivity contribution in [1.29, 1.82) is 0 Å². The molecular weight excluding hydrogens is 291 g/mol. The first-order valence-corrected chi connectivity index (χ1v) is 6.06. The first-order valence-electron chi connectivity index (χ1n) is 6.06. The summed E-state index contributed by atoms with van der Waals surface area (Å²) in [5.74, 6) is -0.227. The molecule has 1 aromatic heterocycles. The molecular formula is C12H16F3N3O3. The number of rotatable bonds is 8. The minimum absolute atomic E-state index is 0.344. The zero-order valence-corrected chi connectivity index (χ0v) is 11.4. The molecule has 0 saturated carbocycles. The number of hydrogen-bond donors (Lipinski definition) is 2. The summed E-state index contributed by atoms with van der Waals surface area (Å²) in [5, 5.41) is 4.41.